The Bertz CT molecular complexity index is 598. The molecule has 2 aromatic rings. The summed E-state index contributed by atoms with van der Waals surface area (Å²) in [5.74, 6) is -0.524. The summed E-state index contributed by atoms with van der Waals surface area (Å²) in [6, 6.07) is 15.8. The number of carbonyl (C=O) groups is 1. The second-order valence-corrected chi connectivity index (χ2v) is 5.02. The van der Waals surface area contributed by atoms with Gasteiger partial charge in [0.05, 0.1) is 19.1 Å². The molecule has 0 fully saturated rings. The van der Waals surface area contributed by atoms with Crippen molar-refractivity contribution in [2.24, 2.45) is 0 Å². The first kappa shape index (κ1) is 16.0. The van der Waals surface area contributed by atoms with Gasteiger partial charge in [-0.1, -0.05) is 30.3 Å². The molecule has 0 aliphatic heterocycles. The number of esters is 1. The average molecular weight is 301 g/mol. The minimum atomic E-state index is -0.279. The summed E-state index contributed by atoms with van der Waals surface area (Å²) in [4.78, 5) is 13.9. The maximum Gasteiger partial charge on any atom is 0.308 e. The number of nitrogens with zero attached hydrogens (tertiary/aromatic N) is 1. The lowest BCUT2D eigenvalue weighted by atomic mass is 10.0. The van der Waals surface area contributed by atoms with E-state index in [-0.39, 0.29) is 24.2 Å². The van der Waals surface area contributed by atoms with Crippen LogP contribution in [0.3, 0.4) is 0 Å². The molecule has 3 nitrogen and oxygen atoms in total. The molecule has 1 atom stereocenters. The normalized spacial score (nSPS) is 11.8. The molecular weight excluding hydrogens is 281 g/mol. The van der Waals surface area contributed by atoms with E-state index >= 15 is 0 Å². The fourth-order valence-corrected chi connectivity index (χ4v) is 2.39. The summed E-state index contributed by atoms with van der Waals surface area (Å²) < 4.78 is 18.2. The Morgan fingerprint density at radius 2 is 1.77 bits per heavy atom. The highest BCUT2D eigenvalue weighted by atomic mass is 19.1. The number of rotatable bonds is 6. The molecule has 4 heteroatoms. The smallest absolute Gasteiger partial charge is 0.308 e. The van der Waals surface area contributed by atoms with Crippen molar-refractivity contribution in [3.63, 3.8) is 0 Å². The van der Waals surface area contributed by atoms with Crippen LogP contribution in [0, 0.1) is 5.82 Å². The summed E-state index contributed by atoms with van der Waals surface area (Å²) in [6.07, 6.45) is 0.242. The molecule has 0 saturated carbocycles. The minimum absolute atomic E-state index is 0.161. The van der Waals surface area contributed by atoms with Crippen LogP contribution in [0.15, 0.2) is 54.6 Å². The molecular formula is C18H20FNO2. The van der Waals surface area contributed by atoms with Crippen LogP contribution in [0.25, 0.3) is 0 Å². The van der Waals surface area contributed by atoms with Gasteiger partial charge in [0.25, 0.3) is 0 Å². The van der Waals surface area contributed by atoms with Gasteiger partial charge in [0.1, 0.15) is 5.82 Å². The van der Waals surface area contributed by atoms with Gasteiger partial charge in [-0.25, -0.2) is 4.39 Å². The Hall–Kier alpha value is -2.36. The predicted octanol–water partition coefficient (Wildman–Crippen LogP) is 3.96. The number of halogens is 1. The summed E-state index contributed by atoms with van der Waals surface area (Å²) in [5.41, 5.74) is 1.86. The van der Waals surface area contributed by atoms with Gasteiger partial charge < -0.3 is 9.64 Å². The van der Waals surface area contributed by atoms with Crippen LogP contribution < -0.4 is 4.90 Å². The van der Waals surface area contributed by atoms with Crippen molar-refractivity contribution in [1.82, 2.24) is 0 Å². The van der Waals surface area contributed by atoms with Crippen molar-refractivity contribution < 1.29 is 13.9 Å². The first-order chi connectivity index (χ1) is 10.6. The molecule has 1 unspecified atom stereocenters. The fraction of sp³-hybridized carbons (Fsp3) is 0.278. The van der Waals surface area contributed by atoms with Crippen LogP contribution in [0.2, 0.25) is 0 Å². The molecule has 0 bridgehead atoms. The largest absolute Gasteiger partial charge is 0.466 e. The van der Waals surface area contributed by atoms with Gasteiger partial charge in [-0.3, -0.25) is 4.79 Å². The van der Waals surface area contributed by atoms with Gasteiger partial charge in [-0.2, -0.15) is 0 Å². The number of ether oxygens (including phenoxy) is 1. The lowest BCUT2D eigenvalue weighted by Crippen LogP contribution is -2.27. The Kier molecular flexibility index (Phi) is 5.53. The van der Waals surface area contributed by atoms with Crippen LogP contribution in [-0.2, 0) is 9.53 Å². The third-order valence-electron chi connectivity index (χ3n) is 3.55. The molecule has 0 saturated heterocycles. The van der Waals surface area contributed by atoms with Gasteiger partial charge in [-0.15, -0.1) is 0 Å². The average Bonchev–Trinajstić information content (AvgIpc) is 2.54. The predicted molar refractivity (Wildman–Crippen MR) is 85.2 cm³/mol. The van der Waals surface area contributed by atoms with E-state index in [1.54, 1.807) is 19.1 Å². The van der Waals surface area contributed by atoms with Crippen LogP contribution >= 0.6 is 0 Å². The highest BCUT2D eigenvalue weighted by Crippen LogP contribution is 2.28. The number of benzene rings is 2. The topological polar surface area (TPSA) is 29.5 Å². The van der Waals surface area contributed by atoms with Crippen molar-refractivity contribution in [1.29, 1.82) is 0 Å². The highest BCUT2D eigenvalue weighted by molar-refractivity contribution is 5.71. The van der Waals surface area contributed by atoms with E-state index in [1.807, 2.05) is 42.3 Å². The van der Waals surface area contributed by atoms with Gasteiger partial charge in [-0.05, 0) is 36.8 Å². The molecule has 2 aromatic carbocycles. The van der Waals surface area contributed by atoms with E-state index in [0.717, 1.165) is 11.3 Å². The van der Waals surface area contributed by atoms with Crippen LogP contribution in [-0.4, -0.2) is 19.6 Å². The minimum Gasteiger partial charge on any atom is -0.466 e. The van der Waals surface area contributed by atoms with Crippen molar-refractivity contribution >= 4 is 11.7 Å². The van der Waals surface area contributed by atoms with Crippen molar-refractivity contribution in [2.45, 2.75) is 19.4 Å². The van der Waals surface area contributed by atoms with E-state index in [0.29, 0.717) is 6.61 Å². The Balaban J connectivity index is 2.27. The molecule has 22 heavy (non-hydrogen) atoms. The Morgan fingerprint density at radius 1 is 1.14 bits per heavy atom. The molecule has 0 amide bonds. The number of hydrogen-bond acceptors (Lipinski definition) is 3. The Labute approximate surface area is 130 Å². The van der Waals surface area contributed by atoms with Gasteiger partial charge >= 0.3 is 5.97 Å². The molecule has 0 aliphatic rings. The number of carbonyl (C=O) groups excluding carboxylic acids is 1. The molecule has 0 aromatic heterocycles. The summed E-state index contributed by atoms with van der Waals surface area (Å²) in [7, 11) is 1.89. The maximum absolute atomic E-state index is 13.1. The summed E-state index contributed by atoms with van der Waals surface area (Å²) in [5, 5.41) is 0. The van der Waals surface area contributed by atoms with E-state index < -0.39 is 0 Å². The van der Waals surface area contributed by atoms with Crippen LogP contribution in [0.5, 0.6) is 0 Å². The first-order valence-corrected chi connectivity index (χ1v) is 7.30. The molecule has 0 N–H and O–H groups in total. The first-order valence-electron chi connectivity index (χ1n) is 7.30. The van der Waals surface area contributed by atoms with E-state index in [4.69, 9.17) is 4.74 Å². The number of anilines is 1. The SMILES string of the molecule is CCOC(=O)CC(c1ccccc1)N(C)c1ccc(F)cc1. The van der Waals surface area contributed by atoms with E-state index in [9.17, 15) is 9.18 Å². The summed E-state index contributed by atoms with van der Waals surface area (Å²) >= 11 is 0. The zero-order valence-electron chi connectivity index (χ0n) is 12.8. The van der Waals surface area contributed by atoms with Crippen LogP contribution in [0.4, 0.5) is 10.1 Å². The molecule has 0 heterocycles. The van der Waals surface area contributed by atoms with Gasteiger partial charge in [0.15, 0.2) is 0 Å². The lowest BCUT2D eigenvalue weighted by Gasteiger charge is -2.30. The van der Waals surface area contributed by atoms with Crippen molar-refractivity contribution in [2.75, 3.05) is 18.6 Å². The lowest BCUT2D eigenvalue weighted by molar-refractivity contribution is -0.143. The van der Waals surface area contributed by atoms with Crippen molar-refractivity contribution in [3.05, 3.63) is 66.0 Å². The molecule has 0 aliphatic carbocycles. The second kappa shape index (κ2) is 7.59. The third-order valence-corrected chi connectivity index (χ3v) is 3.55. The zero-order valence-corrected chi connectivity index (χ0v) is 12.8. The third kappa shape index (κ3) is 4.07. The van der Waals surface area contributed by atoms with E-state index in [1.165, 1.54) is 12.1 Å². The highest BCUT2D eigenvalue weighted by Gasteiger charge is 2.21. The zero-order chi connectivity index (χ0) is 15.9. The Morgan fingerprint density at radius 3 is 2.36 bits per heavy atom. The van der Waals surface area contributed by atoms with Crippen LogP contribution in [0.1, 0.15) is 24.9 Å². The van der Waals surface area contributed by atoms with Gasteiger partial charge in [0, 0.05) is 12.7 Å². The quantitative estimate of drug-likeness (QED) is 0.756. The van der Waals surface area contributed by atoms with Gasteiger partial charge in [0.2, 0.25) is 0 Å². The molecule has 2 rings (SSSR count). The fourth-order valence-electron chi connectivity index (χ4n) is 2.39. The molecule has 0 radical (unpaired) electrons. The van der Waals surface area contributed by atoms with Crippen molar-refractivity contribution in [3.8, 4) is 0 Å². The number of hydrogen-bond donors (Lipinski definition) is 0. The molecule has 0 spiro atoms. The monoisotopic (exact) mass is 301 g/mol. The molecule has 116 valence electrons. The van der Waals surface area contributed by atoms with E-state index in [2.05, 4.69) is 0 Å². The second-order valence-electron chi connectivity index (χ2n) is 5.02. The summed E-state index contributed by atoms with van der Waals surface area (Å²) in [6.45, 7) is 2.15. The maximum atomic E-state index is 13.1. The standard InChI is InChI=1S/C18H20FNO2/c1-3-22-18(21)13-17(14-7-5-4-6-8-14)20(2)16-11-9-15(19)10-12-16/h4-12,17H,3,13H2,1-2H3.